The molecule has 2 aromatic rings. The number of aromatic carboxylic acids is 1. The van der Waals surface area contributed by atoms with Crippen molar-refractivity contribution in [3.8, 4) is 5.75 Å². The molecule has 0 amide bonds. The van der Waals surface area contributed by atoms with E-state index in [1.165, 1.54) is 7.11 Å². The van der Waals surface area contributed by atoms with Crippen molar-refractivity contribution in [3.63, 3.8) is 0 Å². The number of nitrogens with one attached hydrogen (secondary N) is 1. The highest BCUT2D eigenvalue weighted by Crippen LogP contribution is 2.26. The van der Waals surface area contributed by atoms with E-state index in [0.29, 0.717) is 18.0 Å². The largest absolute Gasteiger partial charge is 0.496 e. The number of rotatable bonds is 5. The zero-order valence-corrected chi connectivity index (χ0v) is 10.6. The van der Waals surface area contributed by atoms with E-state index in [1.807, 2.05) is 30.3 Å². The van der Waals surface area contributed by atoms with Gasteiger partial charge in [0.1, 0.15) is 11.3 Å². The summed E-state index contributed by atoms with van der Waals surface area (Å²) in [5.41, 5.74) is 1.79. The van der Waals surface area contributed by atoms with Gasteiger partial charge < -0.3 is 15.2 Å². The molecule has 0 saturated carbocycles. The molecule has 0 aromatic heterocycles. The van der Waals surface area contributed by atoms with Crippen LogP contribution in [0.15, 0.2) is 48.5 Å². The predicted molar refractivity (Wildman–Crippen MR) is 73.7 cm³/mol. The van der Waals surface area contributed by atoms with Crippen LogP contribution in [0.2, 0.25) is 0 Å². The van der Waals surface area contributed by atoms with Gasteiger partial charge in [0.05, 0.1) is 12.8 Å². The van der Waals surface area contributed by atoms with Crippen LogP contribution in [0.1, 0.15) is 15.9 Å². The van der Waals surface area contributed by atoms with Crippen molar-refractivity contribution >= 4 is 11.7 Å². The van der Waals surface area contributed by atoms with E-state index in [9.17, 15) is 9.90 Å². The van der Waals surface area contributed by atoms with E-state index in [1.54, 1.807) is 18.2 Å². The van der Waals surface area contributed by atoms with Gasteiger partial charge in [0, 0.05) is 6.54 Å². The average Bonchev–Trinajstić information content (AvgIpc) is 2.45. The summed E-state index contributed by atoms with van der Waals surface area (Å²) in [6.45, 7) is 0.564. The molecule has 0 aliphatic carbocycles. The maximum absolute atomic E-state index is 11.3. The van der Waals surface area contributed by atoms with Gasteiger partial charge in [-0.15, -0.1) is 0 Å². The minimum absolute atomic E-state index is 0.154. The first-order valence-corrected chi connectivity index (χ1v) is 5.90. The molecule has 2 aromatic carbocycles. The summed E-state index contributed by atoms with van der Waals surface area (Å²) in [7, 11) is 1.46. The van der Waals surface area contributed by atoms with Gasteiger partial charge in [-0.3, -0.25) is 0 Å². The summed E-state index contributed by atoms with van der Waals surface area (Å²) >= 11 is 0. The topological polar surface area (TPSA) is 58.6 Å². The van der Waals surface area contributed by atoms with Crippen molar-refractivity contribution < 1.29 is 14.6 Å². The van der Waals surface area contributed by atoms with E-state index in [2.05, 4.69) is 5.32 Å². The molecular formula is C15H15NO3. The van der Waals surface area contributed by atoms with Gasteiger partial charge in [-0.1, -0.05) is 36.4 Å². The molecule has 0 aliphatic rings. The Kier molecular flexibility index (Phi) is 4.03. The third kappa shape index (κ3) is 3.04. The van der Waals surface area contributed by atoms with Crippen molar-refractivity contribution in [2.75, 3.05) is 12.4 Å². The Morgan fingerprint density at radius 1 is 1.16 bits per heavy atom. The fourth-order valence-electron chi connectivity index (χ4n) is 1.86. The number of anilines is 1. The number of hydrogen-bond donors (Lipinski definition) is 2. The summed E-state index contributed by atoms with van der Waals surface area (Å²) in [5, 5.41) is 12.4. The van der Waals surface area contributed by atoms with Gasteiger partial charge in [0.2, 0.25) is 0 Å². The van der Waals surface area contributed by atoms with Crippen LogP contribution < -0.4 is 10.1 Å². The van der Waals surface area contributed by atoms with E-state index in [4.69, 9.17) is 4.74 Å². The Morgan fingerprint density at radius 2 is 1.89 bits per heavy atom. The average molecular weight is 257 g/mol. The monoisotopic (exact) mass is 257 g/mol. The molecule has 4 heteroatoms. The molecule has 0 fully saturated rings. The number of carboxylic acid groups (broad SMARTS) is 1. The Morgan fingerprint density at radius 3 is 2.53 bits per heavy atom. The second kappa shape index (κ2) is 5.91. The summed E-state index contributed by atoms with van der Waals surface area (Å²) in [6, 6.07) is 14.9. The molecule has 0 atom stereocenters. The molecule has 0 radical (unpaired) electrons. The summed E-state index contributed by atoms with van der Waals surface area (Å²) in [6.07, 6.45) is 0. The number of benzene rings is 2. The van der Waals surface area contributed by atoms with E-state index in [0.717, 1.165) is 5.56 Å². The Labute approximate surface area is 111 Å². The summed E-state index contributed by atoms with van der Waals surface area (Å²) < 4.78 is 5.08. The highest BCUT2D eigenvalue weighted by atomic mass is 16.5. The van der Waals surface area contributed by atoms with Crippen LogP contribution in [0.3, 0.4) is 0 Å². The Hall–Kier alpha value is -2.49. The van der Waals surface area contributed by atoms with E-state index in [-0.39, 0.29) is 5.56 Å². The van der Waals surface area contributed by atoms with Crippen LogP contribution in [0.5, 0.6) is 5.75 Å². The Bertz CT molecular complexity index is 567. The van der Waals surface area contributed by atoms with Gasteiger partial charge in [-0.05, 0) is 17.7 Å². The molecule has 0 aliphatic heterocycles. The quantitative estimate of drug-likeness (QED) is 0.864. The predicted octanol–water partition coefficient (Wildman–Crippen LogP) is 3.01. The zero-order chi connectivity index (χ0) is 13.7. The molecule has 0 heterocycles. The fourth-order valence-corrected chi connectivity index (χ4v) is 1.86. The molecule has 19 heavy (non-hydrogen) atoms. The third-order valence-electron chi connectivity index (χ3n) is 2.79. The summed E-state index contributed by atoms with van der Waals surface area (Å²) in [5.74, 6) is -0.654. The first kappa shape index (κ1) is 13.0. The highest BCUT2D eigenvalue weighted by Gasteiger charge is 2.15. The second-order valence-corrected chi connectivity index (χ2v) is 4.03. The molecule has 4 nitrogen and oxygen atoms in total. The van der Waals surface area contributed by atoms with Gasteiger partial charge in [-0.2, -0.15) is 0 Å². The number of ether oxygens (including phenoxy) is 1. The molecule has 0 bridgehead atoms. The van der Waals surface area contributed by atoms with Crippen molar-refractivity contribution in [2.45, 2.75) is 6.54 Å². The number of methoxy groups -OCH3 is 1. The molecule has 2 N–H and O–H groups in total. The van der Waals surface area contributed by atoms with Crippen LogP contribution in [0.4, 0.5) is 5.69 Å². The lowest BCUT2D eigenvalue weighted by atomic mass is 10.1. The Balaban J connectivity index is 2.23. The van der Waals surface area contributed by atoms with Crippen molar-refractivity contribution in [3.05, 3.63) is 59.7 Å². The summed E-state index contributed by atoms with van der Waals surface area (Å²) in [4.78, 5) is 11.3. The molecule has 0 saturated heterocycles. The minimum atomic E-state index is -1.01. The van der Waals surface area contributed by atoms with Crippen LogP contribution in [-0.2, 0) is 6.54 Å². The van der Waals surface area contributed by atoms with Crippen LogP contribution in [0, 0.1) is 0 Å². The zero-order valence-electron chi connectivity index (χ0n) is 10.6. The first-order chi connectivity index (χ1) is 9.22. The number of carbonyl (C=O) groups is 1. The lowest BCUT2D eigenvalue weighted by Crippen LogP contribution is -2.08. The molecule has 98 valence electrons. The lowest BCUT2D eigenvalue weighted by Gasteiger charge is -2.12. The van der Waals surface area contributed by atoms with Crippen LogP contribution in [0.25, 0.3) is 0 Å². The van der Waals surface area contributed by atoms with Gasteiger partial charge >= 0.3 is 5.97 Å². The van der Waals surface area contributed by atoms with E-state index >= 15 is 0 Å². The standard InChI is InChI=1S/C15H15NO3/c1-19-13-9-5-8-12(14(13)15(17)18)16-10-11-6-3-2-4-7-11/h2-9,16H,10H2,1H3,(H,17,18). The minimum Gasteiger partial charge on any atom is -0.496 e. The third-order valence-corrected chi connectivity index (χ3v) is 2.79. The van der Waals surface area contributed by atoms with Crippen molar-refractivity contribution in [2.24, 2.45) is 0 Å². The van der Waals surface area contributed by atoms with Crippen molar-refractivity contribution in [1.29, 1.82) is 0 Å². The van der Waals surface area contributed by atoms with Crippen LogP contribution in [-0.4, -0.2) is 18.2 Å². The molecular weight excluding hydrogens is 242 g/mol. The number of carboxylic acids is 1. The number of hydrogen-bond acceptors (Lipinski definition) is 3. The van der Waals surface area contributed by atoms with E-state index < -0.39 is 5.97 Å². The van der Waals surface area contributed by atoms with Crippen molar-refractivity contribution in [1.82, 2.24) is 0 Å². The lowest BCUT2D eigenvalue weighted by molar-refractivity contribution is 0.0694. The fraction of sp³-hybridized carbons (Fsp3) is 0.133. The highest BCUT2D eigenvalue weighted by molar-refractivity contribution is 5.97. The molecule has 0 unspecified atom stereocenters. The second-order valence-electron chi connectivity index (χ2n) is 4.03. The van der Waals surface area contributed by atoms with Crippen LogP contribution >= 0.6 is 0 Å². The maximum Gasteiger partial charge on any atom is 0.341 e. The van der Waals surface area contributed by atoms with Gasteiger partial charge in [-0.25, -0.2) is 4.79 Å². The normalized spacial score (nSPS) is 9.95. The van der Waals surface area contributed by atoms with Gasteiger partial charge in [0.15, 0.2) is 0 Å². The molecule has 2 rings (SSSR count). The van der Waals surface area contributed by atoms with Gasteiger partial charge in [0.25, 0.3) is 0 Å². The maximum atomic E-state index is 11.3. The SMILES string of the molecule is COc1cccc(NCc2ccccc2)c1C(=O)O. The smallest absolute Gasteiger partial charge is 0.341 e. The first-order valence-electron chi connectivity index (χ1n) is 5.90. The molecule has 0 spiro atoms.